The first-order valence-electron chi connectivity index (χ1n) is 7.12. The summed E-state index contributed by atoms with van der Waals surface area (Å²) in [6.07, 6.45) is 0.592. The highest BCUT2D eigenvalue weighted by atomic mass is 19.1. The van der Waals surface area contributed by atoms with Gasteiger partial charge >= 0.3 is 5.97 Å². The second-order valence-electron chi connectivity index (χ2n) is 5.10. The van der Waals surface area contributed by atoms with Crippen LogP contribution in [0, 0.1) is 5.82 Å². The molecule has 116 valence electrons. The van der Waals surface area contributed by atoms with E-state index in [0.717, 1.165) is 5.69 Å². The average Bonchev–Trinajstić information content (AvgIpc) is 2.48. The van der Waals surface area contributed by atoms with Gasteiger partial charge in [0.05, 0.1) is 12.8 Å². The summed E-state index contributed by atoms with van der Waals surface area (Å²) in [5.74, 6) is -0.592. The van der Waals surface area contributed by atoms with Gasteiger partial charge in [-0.3, -0.25) is 9.69 Å². The number of carboxylic acids is 1. The van der Waals surface area contributed by atoms with E-state index >= 15 is 0 Å². The topological polar surface area (TPSA) is 53.0 Å². The SMILES string of the molecule is CCC(C(=O)O)N1CCN(c2ccc(F)cc2OC)CC1. The van der Waals surface area contributed by atoms with Crippen LogP contribution in [0.3, 0.4) is 0 Å². The summed E-state index contributed by atoms with van der Waals surface area (Å²) in [4.78, 5) is 15.3. The molecule has 0 spiro atoms. The number of piperazine rings is 1. The molecule has 1 atom stereocenters. The highest BCUT2D eigenvalue weighted by molar-refractivity contribution is 5.73. The minimum Gasteiger partial charge on any atom is -0.494 e. The van der Waals surface area contributed by atoms with Gasteiger partial charge in [-0.15, -0.1) is 0 Å². The normalized spacial score (nSPS) is 17.6. The second-order valence-corrected chi connectivity index (χ2v) is 5.10. The van der Waals surface area contributed by atoms with Crippen molar-refractivity contribution >= 4 is 11.7 Å². The molecule has 0 bridgehead atoms. The molecule has 1 aromatic rings. The summed E-state index contributed by atoms with van der Waals surface area (Å²) in [6.45, 7) is 4.63. The van der Waals surface area contributed by atoms with Gasteiger partial charge in [0.2, 0.25) is 0 Å². The van der Waals surface area contributed by atoms with Crippen molar-refractivity contribution in [2.45, 2.75) is 19.4 Å². The Hall–Kier alpha value is -1.82. The van der Waals surface area contributed by atoms with Crippen molar-refractivity contribution in [1.29, 1.82) is 0 Å². The molecule has 1 fully saturated rings. The maximum absolute atomic E-state index is 13.2. The first-order chi connectivity index (χ1) is 10.1. The highest BCUT2D eigenvalue weighted by Crippen LogP contribution is 2.30. The number of aliphatic carboxylic acids is 1. The zero-order valence-electron chi connectivity index (χ0n) is 12.4. The quantitative estimate of drug-likeness (QED) is 0.898. The largest absolute Gasteiger partial charge is 0.494 e. The Morgan fingerprint density at radius 2 is 2.05 bits per heavy atom. The van der Waals surface area contributed by atoms with E-state index in [1.54, 1.807) is 6.07 Å². The second kappa shape index (κ2) is 6.76. The molecule has 1 aromatic carbocycles. The van der Waals surface area contributed by atoms with Gasteiger partial charge in [-0.1, -0.05) is 6.92 Å². The summed E-state index contributed by atoms with van der Waals surface area (Å²) < 4.78 is 18.5. The Kier molecular flexibility index (Phi) is 5.01. The van der Waals surface area contributed by atoms with E-state index in [4.69, 9.17) is 4.74 Å². The zero-order chi connectivity index (χ0) is 15.4. The first kappa shape index (κ1) is 15.6. The summed E-state index contributed by atoms with van der Waals surface area (Å²) in [5.41, 5.74) is 0.849. The van der Waals surface area contributed by atoms with Crippen LogP contribution in [-0.2, 0) is 4.79 Å². The van der Waals surface area contributed by atoms with Crippen molar-refractivity contribution in [3.05, 3.63) is 24.0 Å². The number of carbonyl (C=O) groups is 1. The average molecular weight is 296 g/mol. The third-order valence-corrected chi connectivity index (χ3v) is 3.91. The van der Waals surface area contributed by atoms with E-state index < -0.39 is 12.0 Å². The van der Waals surface area contributed by atoms with Crippen LogP contribution in [0.2, 0.25) is 0 Å². The first-order valence-corrected chi connectivity index (χ1v) is 7.12. The number of hydrogen-bond donors (Lipinski definition) is 1. The smallest absolute Gasteiger partial charge is 0.320 e. The maximum atomic E-state index is 13.2. The van der Waals surface area contributed by atoms with E-state index in [9.17, 15) is 14.3 Å². The highest BCUT2D eigenvalue weighted by Gasteiger charge is 2.28. The number of rotatable bonds is 5. The lowest BCUT2D eigenvalue weighted by Gasteiger charge is -2.38. The van der Waals surface area contributed by atoms with Gasteiger partial charge in [0.15, 0.2) is 0 Å². The number of methoxy groups -OCH3 is 1. The molecule has 2 rings (SSSR count). The molecule has 1 aliphatic heterocycles. The van der Waals surface area contributed by atoms with Crippen molar-refractivity contribution in [2.75, 3.05) is 38.2 Å². The van der Waals surface area contributed by atoms with Crippen LogP contribution in [0.25, 0.3) is 0 Å². The van der Waals surface area contributed by atoms with E-state index in [2.05, 4.69) is 4.90 Å². The molecule has 0 aromatic heterocycles. The summed E-state index contributed by atoms with van der Waals surface area (Å²) in [7, 11) is 1.52. The number of halogens is 1. The lowest BCUT2D eigenvalue weighted by molar-refractivity contribution is -0.143. The number of anilines is 1. The molecular weight excluding hydrogens is 275 g/mol. The molecular formula is C15H21FN2O3. The van der Waals surface area contributed by atoms with Crippen LogP contribution in [0.4, 0.5) is 10.1 Å². The molecule has 0 radical (unpaired) electrons. The zero-order valence-corrected chi connectivity index (χ0v) is 12.4. The van der Waals surface area contributed by atoms with Gasteiger partial charge < -0.3 is 14.7 Å². The maximum Gasteiger partial charge on any atom is 0.320 e. The van der Waals surface area contributed by atoms with E-state index in [1.807, 2.05) is 11.8 Å². The lowest BCUT2D eigenvalue weighted by atomic mass is 10.1. The molecule has 0 aliphatic carbocycles. The van der Waals surface area contributed by atoms with Gasteiger partial charge in [0, 0.05) is 32.2 Å². The van der Waals surface area contributed by atoms with Crippen LogP contribution in [-0.4, -0.2) is 55.3 Å². The Morgan fingerprint density at radius 1 is 1.38 bits per heavy atom. The standard InChI is InChI=1S/C15H21FN2O3/c1-3-12(15(19)20)17-6-8-18(9-7-17)13-5-4-11(16)10-14(13)21-2/h4-5,10,12H,3,6-9H2,1-2H3,(H,19,20). The number of benzene rings is 1. The predicted molar refractivity (Wildman–Crippen MR) is 78.5 cm³/mol. The monoisotopic (exact) mass is 296 g/mol. The molecule has 21 heavy (non-hydrogen) atoms. The molecule has 6 heteroatoms. The molecule has 1 heterocycles. The van der Waals surface area contributed by atoms with Gasteiger partial charge in [0.1, 0.15) is 17.6 Å². The minimum absolute atomic E-state index is 0.328. The van der Waals surface area contributed by atoms with Crippen LogP contribution in [0.5, 0.6) is 5.75 Å². The Balaban J connectivity index is 2.06. The predicted octanol–water partition coefficient (Wildman–Crippen LogP) is 1.82. The van der Waals surface area contributed by atoms with Gasteiger partial charge in [-0.2, -0.15) is 0 Å². The van der Waals surface area contributed by atoms with Crippen molar-refractivity contribution in [3.63, 3.8) is 0 Å². The molecule has 0 saturated carbocycles. The molecule has 5 nitrogen and oxygen atoms in total. The number of hydrogen-bond acceptors (Lipinski definition) is 4. The molecule has 1 saturated heterocycles. The summed E-state index contributed by atoms with van der Waals surface area (Å²) >= 11 is 0. The Labute approximate surface area is 123 Å². The molecule has 1 N–H and O–H groups in total. The fourth-order valence-corrected chi connectivity index (χ4v) is 2.78. The van der Waals surface area contributed by atoms with E-state index in [0.29, 0.717) is 38.3 Å². The van der Waals surface area contributed by atoms with Crippen LogP contribution >= 0.6 is 0 Å². The van der Waals surface area contributed by atoms with Crippen molar-refractivity contribution < 1.29 is 19.0 Å². The fraction of sp³-hybridized carbons (Fsp3) is 0.533. The third kappa shape index (κ3) is 3.44. The Bertz CT molecular complexity index is 502. The fourth-order valence-electron chi connectivity index (χ4n) is 2.78. The van der Waals surface area contributed by atoms with Gasteiger partial charge in [-0.05, 0) is 18.6 Å². The van der Waals surface area contributed by atoms with Crippen molar-refractivity contribution in [1.82, 2.24) is 4.90 Å². The number of carboxylic acid groups (broad SMARTS) is 1. The van der Waals surface area contributed by atoms with Crippen LogP contribution in [0.1, 0.15) is 13.3 Å². The van der Waals surface area contributed by atoms with Crippen molar-refractivity contribution in [2.24, 2.45) is 0 Å². The van der Waals surface area contributed by atoms with Gasteiger partial charge in [-0.25, -0.2) is 4.39 Å². The van der Waals surface area contributed by atoms with E-state index in [-0.39, 0.29) is 5.82 Å². The minimum atomic E-state index is -0.773. The number of nitrogens with zero attached hydrogens (tertiary/aromatic N) is 2. The van der Waals surface area contributed by atoms with Crippen LogP contribution < -0.4 is 9.64 Å². The Morgan fingerprint density at radius 3 is 2.57 bits per heavy atom. The lowest BCUT2D eigenvalue weighted by Crippen LogP contribution is -2.52. The van der Waals surface area contributed by atoms with E-state index in [1.165, 1.54) is 19.2 Å². The molecule has 0 amide bonds. The third-order valence-electron chi connectivity index (χ3n) is 3.91. The van der Waals surface area contributed by atoms with Crippen molar-refractivity contribution in [3.8, 4) is 5.75 Å². The molecule has 1 aliphatic rings. The summed E-state index contributed by atoms with van der Waals surface area (Å²) in [6, 6.07) is 4.06. The van der Waals surface area contributed by atoms with Crippen LogP contribution in [0.15, 0.2) is 18.2 Å². The van der Waals surface area contributed by atoms with Gasteiger partial charge in [0.25, 0.3) is 0 Å². The molecule has 1 unspecified atom stereocenters. The summed E-state index contributed by atoms with van der Waals surface area (Å²) in [5, 5.41) is 9.20. The number of ether oxygens (including phenoxy) is 1.